The fourth-order valence-corrected chi connectivity index (χ4v) is 2.40. The number of rotatable bonds is 3. The first-order valence-electron chi connectivity index (χ1n) is 5.84. The van der Waals surface area contributed by atoms with E-state index in [0.29, 0.717) is 12.5 Å². The summed E-state index contributed by atoms with van der Waals surface area (Å²) in [5.41, 5.74) is -0.589. The van der Waals surface area contributed by atoms with Crippen molar-refractivity contribution in [2.45, 2.75) is 43.8 Å². The minimum atomic E-state index is -0.589. The highest BCUT2D eigenvalue weighted by Crippen LogP contribution is 2.32. The Labute approximate surface area is 96.3 Å². The molecule has 1 aliphatic carbocycles. The molecule has 1 fully saturated rings. The summed E-state index contributed by atoms with van der Waals surface area (Å²) in [6, 6.07) is 0. The van der Waals surface area contributed by atoms with Crippen LogP contribution in [0, 0.1) is 0 Å². The highest BCUT2D eigenvalue weighted by Gasteiger charge is 2.34. The molecule has 4 nitrogen and oxygen atoms in total. The third kappa shape index (κ3) is 2.44. The topological polar surface area (TPSA) is 47.3 Å². The van der Waals surface area contributed by atoms with Gasteiger partial charge in [0.05, 0.1) is 11.7 Å². The van der Waals surface area contributed by atoms with E-state index in [4.69, 9.17) is 4.74 Å². The lowest BCUT2D eigenvalue weighted by Gasteiger charge is -2.35. The molecule has 0 bridgehead atoms. The Morgan fingerprint density at radius 3 is 2.75 bits per heavy atom. The van der Waals surface area contributed by atoms with E-state index in [1.165, 1.54) is 0 Å². The number of hydrogen-bond acceptors (Lipinski definition) is 3. The average molecular weight is 224 g/mol. The molecule has 0 amide bonds. The third-order valence-corrected chi connectivity index (χ3v) is 3.60. The van der Waals surface area contributed by atoms with Crippen molar-refractivity contribution in [2.24, 2.45) is 7.05 Å². The second-order valence-electron chi connectivity index (χ2n) is 4.79. The van der Waals surface area contributed by atoms with Crippen LogP contribution in [0.3, 0.4) is 0 Å². The van der Waals surface area contributed by atoms with Gasteiger partial charge in [-0.1, -0.05) is 0 Å². The predicted molar refractivity (Wildman–Crippen MR) is 61.1 cm³/mol. The number of aromatic nitrogens is 2. The van der Waals surface area contributed by atoms with Gasteiger partial charge in [0, 0.05) is 33.0 Å². The van der Waals surface area contributed by atoms with Crippen LogP contribution in [0.2, 0.25) is 0 Å². The fourth-order valence-electron chi connectivity index (χ4n) is 2.40. The predicted octanol–water partition coefficient (Wildman–Crippen LogP) is 1.28. The SMILES string of the molecule is COC1CCC(O)(Cc2nccn2C)CC1. The summed E-state index contributed by atoms with van der Waals surface area (Å²) in [4.78, 5) is 4.27. The largest absolute Gasteiger partial charge is 0.389 e. The standard InChI is InChI=1S/C12H20N2O2/c1-14-8-7-13-11(14)9-12(15)5-3-10(16-2)4-6-12/h7-8,10,15H,3-6,9H2,1-2H3. The zero-order chi connectivity index (χ0) is 11.6. The van der Waals surface area contributed by atoms with E-state index >= 15 is 0 Å². The molecule has 90 valence electrons. The number of nitrogens with zero attached hydrogens (tertiary/aromatic N) is 2. The Kier molecular flexibility index (Phi) is 3.30. The van der Waals surface area contributed by atoms with Gasteiger partial charge in [0.25, 0.3) is 0 Å². The molecule has 0 unspecified atom stereocenters. The summed E-state index contributed by atoms with van der Waals surface area (Å²) in [5, 5.41) is 10.5. The van der Waals surface area contributed by atoms with Gasteiger partial charge in [-0.15, -0.1) is 0 Å². The van der Waals surface area contributed by atoms with Crippen molar-refractivity contribution in [2.75, 3.05) is 7.11 Å². The molecule has 2 rings (SSSR count). The van der Waals surface area contributed by atoms with Crippen LogP contribution >= 0.6 is 0 Å². The van der Waals surface area contributed by atoms with Crippen LogP contribution in [-0.4, -0.2) is 33.5 Å². The molecule has 0 atom stereocenters. The van der Waals surface area contributed by atoms with Crippen molar-refractivity contribution in [3.8, 4) is 0 Å². The summed E-state index contributed by atoms with van der Waals surface area (Å²) < 4.78 is 7.28. The molecule has 1 saturated carbocycles. The molecular weight excluding hydrogens is 204 g/mol. The number of methoxy groups -OCH3 is 1. The minimum absolute atomic E-state index is 0.321. The quantitative estimate of drug-likeness (QED) is 0.841. The Bertz CT molecular complexity index is 341. The molecule has 1 heterocycles. The second-order valence-corrected chi connectivity index (χ2v) is 4.79. The molecule has 1 aliphatic rings. The normalized spacial score (nSPS) is 30.6. The summed E-state index contributed by atoms with van der Waals surface area (Å²) in [6.07, 6.45) is 8.15. The molecule has 0 saturated heterocycles. The van der Waals surface area contributed by atoms with Crippen molar-refractivity contribution in [1.82, 2.24) is 9.55 Å². The maximum absolute atomic E-state index is 10.5. The lowest BCUT2D eigenvalue weighted by molar-refractivity contribution is -0.0441. The van der Waals surface area contributed by atoms with E-state index in [1.54, 1.807) is 13.3 Å². The van der Waals surface area contributed by atoms with Gasteiger partial charge in [0.15, 0.2) is 0 Å². The van der Waals surface area contributed by atoms with Gasteiger partial charge in [-0.25, -0.2) is 4.98 Å². The lowest BCUT2D eigenvalue weighted by atomic mass is 9.81. The van der Waals surface area contributed by atoms with Gasteiger partial charge in [-0.3, -0.25) is 0 Å². The maximum atomic E-state index is 10.5. The van der Waals surface area contributed by atoms with Crippen molar-refractivity contribution < 1.29 is 9.84 Å². The molecule has 1 aromatic rings. The second kappa shape index (κ2) is 4.55. The van der Waals surface area contributed by atoms with E-state index < -0.39 is 5.60 Å². The first kappa shape index (κ1) is 11.6. The van der Waals surface area contributed by atoms with Crippen LogP contribution in [0.15, 0.2) is 12.4 Å². The summed E-state index contributed by atoms with van der Waals surface area (Å²) in [5.74, 6) is 0.957. The molecule has 0 aliphatic heterocycles. The van der Waals surface area contributed by atoms with Crippen LogP contribution in [-0.2, 0) is 18.2 Å². The maximum Gasteiger partial charge on any atom is 0.111 e. The first-order chi connectivity index (χ1) is 7.63. The van der Waals surface area contributed by atoms with Crippen LogP contribution in [0.4, 0.5) is 0 Å². The smallest absolute Gasteiger partial charge is 0.111 e. The van der Waals surface area contributed by atoms with Crippen LogP contribution in [0.25, 0.3) is 0 Å². The van der Waals surface area contributed by atoms with Gasteiger partial charge in [0.2, 0.25) is 0 Å². The van der Waals surface area contributed by atoms with Gasteiger partial charge in [-0.05, 0) is 25.7 Å². The lowest BCUT2D eigenvalue weighted by Crippen LogP contribution is -2.38. The molecule has 1 N–H and O–H groups in total. The number of aryl methyl sites for hydroxylation is 1. The highest BCUT2D eigenvalue weighted by atomic mass is 16.5. The van der Waals surface area contributed by atoms with Crippen LogP contribution < -0.4 is 0 Å². The van der Waals surface area contributed by atoms with Gasteiger partial charge in [-0.2, -0.15) is 0 Å². The third-order valence-electron chi connectivity index (χ3n) is 3.60. The van der Waals surface area contributed by atoms with Crippen LogP contribution in [0.1, 0.15) is 31.5 Å². The first-order valence-corrected chi connectivity index (χ1v) is 5.84. The number of imidazole rings is 1. The van der Waals surface area contributed by atoms with Gasteiger partial charge >= 0.3 is 0 Å². The Morgan fingerprint density at radius 2 is 2.25 bits per heavy atom. The van der Waals surface area contributed by atoms with E-state index in [9.17, 15) is 5.11 Å². The van der Waals surface area contributed by atoms with Crippen molar-refractivity contribution in [3.63, 3.8) is 0 Å². The molecule has 0 radical (unpaired) electrons. The molecular formula is C12H20N2O2. The van der Waals surface area contributed by atoms with E-state index in [-0.39, 0.29) is 0 Å². The van der Waals surface area contributed by atoms with Crippen molar-refractivity contribution in [1.29, 1.82) is 0 Å². The summed E-state index contributed by atoms with van der Waals surface area (Å²) >= 11 is 0. The zero-order valence-electron chi connectivity index (χ0n) is 10.0. The number of hydrogen-bond donors (Lipinski definition) is 1. The summed E-state index contributed by atoms with van der Waals surface area (Å²) in [6.45, 7) is 0. The van der Waals surface area contributed by atoms with Crippen molar-refractivity contribution in [3.05, 3.63) is 18.2 Å². The Balaban J connectivity index is 1.97. The minimum Gasteiger partial charge on any atom is -0.389 e. The molecule has 0 aromatic carbocycles. The molecule has 16 heavy (non-hydrogen) atoms. The molecule has 1 aromatic heterocycles. The molecule has 0 spiro atoms. The van der Waals surface area contributed by atoms with Gasteiger partial charge in [0.1, 0.15) is 5.82 Å². The zero-order valence-corrected chi connectivity index (χ0v) is 10.0. The van der Waals surface area contributed by atoms with Crippen molar-refractivity contribution >= 4 is 0 Å². The summed E-state index contributed by atoms with van der Waals surface area (Å²) in [7, 11) is 3.71. The van der Waals surface area contributed by atoms with Gasteiger partial charge < -0.3 is 14.4 Å². The van der Waals surface area contributed by atoms with Crippen LogP contribution in [0.5, 0.6) is 0 Å². The monoisotopic (exact) mass is 224 g/mol. The Hall–Kier alpha value is -0.870. The van der Waals surface area contributed by atoms with E-state index in [1.807, 2.05) is 17.8 Å². The van der Waals surface area contributed by atoms with E-state index in [2.05, 4.69) is 4.98 Å². The fraction of sp³-hybridized carbons (Fsp3) is 0.750. The average Bonchev–Trinajstić information content (AvgIpc) is 2.65. The number of aliphatic hydroxyl groups is 1. The molecule has 4 heteroatoms. The number of ether oxygens (including phenoxy) is 1. The van der Waals surface area contributed by atoms with E-state index in [0.717, 1.165) is 31.5 Å². The highest BCUT2D eigenvalue weighted by molar-refractivity contribution is 4.99. The Morgan fingerprint density at radius 1 is 1.56 bits per heavy atom.